The number of ether oxygens (including phenoxy) is 1. The van der Waals surface area contributed by atoms with Crippen molar-refractivity contribution in [2.45, 2.75) is 25.0 Å². The summed E-state index contributed by atoms with van der Waals surface area (Å²) in [6.07, 6.45) is 1.93. The number of amides is 1. The van der Waals surface area contributed by atoms with Gasteiger partial charge in [-0.25, -0.2) is 4.39 Å². The van der Waals surface area contributed by atoms with Gasteiger partial charge in [0.15, 0.2) is 0 Å². The van der Waals surface area contributed by atoms with E-state index in [4.69, 9.17) is 10.5 Å². The molecule has 0 spiro atoms. The number of nitrogens with two attached hydrogens (primary N) is 1. The fourth-order valence-electron chi connectivity index (χ4n) is 1.89. The highest BCUT2D eigenvalue weighted by Crippen LogP contribution is 2.27. The Morgan fingerprint density at radius 2 is 2.24 bits per heavy atom. The number of hydrogen-bond acceptors (Lipinski definition) is 3. The Morgan fingerprint density at radius 3 is 2.82 bits per heavy atom. The van der Waals surface area contributed by atoms with E-state index < -0.39 is 5.91 Å². The van der Waals surface area contributed by atoms with Crippen molar-refractivity contribution in [2.24, 2.45) is 5.73 Å². The first-order valence-corrected chi connectivity index (χ1v) is 5.49. The van der Waals surface area contributed by atoms with Gasteiger partial charge in [0.05, 0.1) is 11.8 Å². The number of carbonyl (C=O) groups excluding carboxylic acids is 1. The number of anilines is 1. The molecule has 1 aliphatic carbocycles. The third kappa shape index (κ3) is 2.55. The molecule has 0 saturated heterocycles. The topological polar surface area (TPSA) is 64.3 Å². The van der Waals surface area contributed by atoms with E-state index in [-0.39, 0.29) is 18.0 Å². The van der Waals surface area contributed by atoms with Crippen LogP contribution in [0.2, 0.25) is 0 Å². The Labute approximate surface area is 98.9 Å². The number of benzene rings is 1. The lowest BCUT2D eigenvalue weighted by Gasteiger charge is -2.35. The third-order valence-corrected chi connectivity index (χ3v) is 3.04. The third-order valence-electron chi connectivity index (χ3n) is 3.04. The summed E-state index contributed by atoms with van der Waals surface area (Å²) in [6, 6.07) is 4.26. The number of carbonyl (C=O) groups is 1. The molecule has 1 aromatic carbocycles. The van der Waals surface area contributed by atoms with Crippen LogP contribution in [-0.4, -0.2) is 25.2 Å². The van der Waals surface area contributed by atoms with E-state index in [9.17, 15) is 9.18 Å². The first-order valence-electron chi connectivity index (χ1n) is 5.49. The largest absolute Gasteiger partial charge is 0.381 e. The predicted octanol–water partition coefficient (Wildman–Crippen LogP) is 1.51. The van der Waals surface area contributed by atoms with Crippen LogP contribution in [-0.2, 0) is 4.74 Å². The first-order chi connectivity index (χ1) is 8.10. The van der Waals surface area contributed by atoms with E-state index in [0.29, 0.717) is 11.3 Å². The minimum Gasteiger partial charge on any atom is -0.381 e. The molecular weight excluding hydrogens is 223 g/mol. The molecule has 0 bridgehead atoms. The van der Waals surface area contributed by atoms with E-state index >= 15 is 0 Å². The Hall–Kier alpha value is -1.62. The summed E-state index contributed by atoms with van der Waals surface area (Å²) < 4.78 is 18.6. The highest BCUT2D eigenvalue weighted by Gasteiger charge is 2.29. The Morgan fingerprint density at radius 1 is 1.53 bits per heavy atom. The summed E-state index contributed by atoms with van der Waals surface area (Å²) in [7, 11) is 1.66. The van der Waals surface area contributed by atoms with Gasteiger partial charge in [0.25, 0.3) is 0 Å². The fourth-order valence-corrected chi connectivity index (χ4v) is 1.89. The summed E-state index contributed by atoms with van der Waals surface area (Å²) >= 11 is 0. The molecule has 3 N–H and O–H groups in total. The number of nitrogens with one attached hydrogen (secondary N) is 1. The Bertz CT molecular complexity index is 431. The van der Waals surface area contributed by atoms with Gasteiger partial charge in [-0.15, -0.1) is 0 Å². The Balaban J connectivity index is 2.05. The minimum absolute atomic E-state index is 0.192. The monoisotopic (exact) mass is 238 g/mol. The zero-order valence-corrected chi connectivity index (χ0v) is 9.57. The van der Waals surface area contributed by atoms with Gasteiger partial charge in [-0.05, 0) is 31.0 Å². The zero-order chi connectivity index (χ0) is 12.4. The quantitative estimate of drug-likeness (QED) is 0.835. The summed E-state index contributed by atoms with van der Waals surface area (Å²) in [5.74, 6) is -0.938. The second-order valence-electron chi connectivity index (χ2n) is 4.23. The highest BCUT2D eigenvalue weighted by molar-refractivity contribution is 5.93. The number of methoxy groups -OCH3 is 1. The SMILES string of the molecule is COC1CC(Nc2cc(C(N)=O)ccc2F)C1. The lowest BCUT2D eigenvalue weighted by molar-refractivity contribution is 0.0328. The van der Waals surface area contributed by atoms with Crippen LogP contribution in [0.1, 0.15) is 23.2 Å². The van der Waals surface area contributed by atoms with Crippen LogP contribution >= 0.6 is 0 Å². The van der Waals surface area contributed by atoms with E-state index in [1.54, 1.807) is 7.11 Å². The van der Waals surface area contributed by atoms with Crippen LogP contribution in [0.5, 0.6) is 0 Å². The van der Waals surface area contributed by atoms with Crippen LogP contribution < -0.4 is 11.1 Å². The molecule has 0 radical (unpaired) electrons. The molecule has 1 amide bonds. The molecule has 0 unspecified atom stereocenters. The average molecular weight is 238 g/mol. The molecule has 1 fully saturated rings. The smallest absolute Gasteiger partial charge is 0.248 e. The maximum atomic E-state index is 13.5. The van der Waals surface area contributed by atoms with Crippen molar-refractivity contribution in [3.8, 4) is 0 Å². The molecule has 2 rings (SSSR count). The van der Waals surface area contributed by atoms with Crippen LogP contribution in [0.25, 0.3) is 0 Å². The molecule has 1 aliphatic rings. The van der Waals surface area contributed by atoms with Crippen LogP contribution in [0.4, 0.5) is 10.1 Å². The molecule has 0 atom stereocenters. The predicted molar refractivity (Wildman–Crippen MR) is 62.4 cm³/mol. The number of primary amides is 1. The van der Waals surface area contributed by atoms with Crippen LogP contribution in [0.15, 0.2) is 18.2 Å². The lowest BCUT2D eigenvalue weighted by Crippen LogP contribution is -2.40. The number of halogens is 1. The molecule has 1 aromatic rings. The molecule has 5 heteroatoms. The molecule has 0 aromatic heterocycles. The molecule has 0 aliphatic heterocycles. The van der Waals surface area contributed by atoms with Crippen molar-refractivity contribution in [1.82, 2.24) is 0 Å². The summed E-state index contributed by atoms with van der Waals surface area (Å²) in [5.41, 5.74) is 5.77. The van der Waals surface area contributed by atoms with Gasteiger partial charge in [-0.1, -0.05) is 0 Å². The number of hydrogen-bond donors (Lipinski definition) is 2. The van der Waals surface area contributed by atoms with Gasteiger partial charge in [-0.3, -0.25) is 4.79 Å². The van der Waals surface area contributed by atoms with Crippen molar-refractivity contribution >= 4 is 11.6 Å². The fraction of sp³-hybridized carbons (Fsp3) is 0.417. The second kappa shape index (κ2) is 4.71. The van der Waals surface area contributed by atoms with E-state index in [2.05, 4.69) is 5.32 Å². The van der Waals surface area contributed by atoms with E-state index in [1.165, 1.54) is 18.2 Å². The number of rotatable bonds is 4. The minimum atomic E-state index is -0.559. The van der Waals surface area contributed by atoms with E-state index in [0.717, 1.165) is 12.8 Å². The van der Waals surface area contributed by atoms with Crippen LogP contribution in [0, 0.1) is 5.82 Å². The molecular formula is C12H15FN2O2. The van der Waals surface area contributed by atoms with Crippen molar-refractivity contribution in [1.29, 1.82) is 0 Å². The van der Waals surface area contributed by atoms with Gasteiger partial charge in [-0.2, -0.15) is 0 Å². The molecule has 4 nitrogen and oxygen atoms in total. The van der Waals surface area contributed by atoms with Crippen molar-refractivity contribution in [3.05, 3.63) is 29.6 Å². The second-order valence-corrected chi connectivity index (χ2v) is 4.23. The van der Waals surface area contributed by atoms with Crippen molar-refractivity contribution in [3.63, 3.8) is 0 Å². The summed E-state index contributed by atoms with van der Waals surface area (Å²) in [4.78, 5) is 11.0. The summed E-state index contributed by atoms with van der Waals surface area (Å²) in [5, 5.41) is 3.04. The van der Waals surface area contributed by atoms with Crippen molar-refractivity contribution in [2.75, 3.05) is 12.4 Å². The van der Waals surface area contributed by atoms with Gasteiger partial charge in [0.2, 0.25) is 5.91 Å². The molecule has 1 saturated carbocycles. The van der Waals surface area contributed by atoms with Gasteiger partial charge in [0, 0.05) is 18.7 Å². The maximum Gasteiger partial charge on any atom is 0.248 e. The van der Waals surface area contributed by atoms with Gasteiger partial charge >= 0.3 is 0 Å². The maximum absolute atomic E-state index is 13.5. The highest BCUT2D eigenvalue weighted by atomic mass is 19.1. The average Bonchev–Trinajstić information content (AvgIpc) is 2.24. The first kappa shape index (κ1) is 11.9. The molecule has 17 heavy (non-hydrogen) atoms. The van der Waals surface area contributed by atoms with E-state index in [1.807, 2.05) is 0 Å². The van der Waals surface area contributed by atoms with Gasteiger partial charge < -0.3 is 15.8 Å². The summed E-state index contributed by atoms with van der Waals surface area (Å²) in [6.45, 7) is 0. The molecule has 0 heterocycles. The molecule has 92 valence electrons. The lowest BCUT2D eigenvalue weighted by atomic mass is 9.89. The Kier molecular flexibility index (Phi) is 3.28. The normalized spacial score (nSPS) is 22.9. The zero-order valence-electron chi connectivity index (χ0n) is 9.57. The van der Waals surface area contributed by atoms with Gasteiger partial charge in [0.1, 0.15) is 5.82 Å². The standard InChI is InChI=1S/C12H15FN2O2/c1-17-9-5-8(6-9)15-11-4-7(12(14)16)2-3-10(11)13/h2-4,8-9,15H,5-6H2,1H3,(H2,14,16). The van der Waals surface area contributed by atoms with Crippen molar-refractivity contribution < 1.29 is 13.9 Å². The van der Waals surface area contributed by atoms with Crippen LogP contribution in [0.3, 0.4) is 0 Å².